The minimum absolute atomic E-state index is 0.0594. The molecule has 0 aromatic heterocycles. The molecule has 1 unspecified atom stereocenters. The van der Waals surface area contributed by atoms with Crippen LogP contribution in [0, 0.1) is 5.82 Å². The number of halogens is 1. The van der Waals surface area contributed by atoms with Gasteiger partial charge in [0, 0.05) is 43.7 Å². The van der Waals surface area contributed by atoms with Gasteiger partial charge in [-0.1, -0.05) is 6.07 Å². The Kier molecular flexibility index (Phi) is 4.95. The van der Waals surface area contributed by atoms with E-state index in [9.17, 15) is 14.3 Å². The van der Waals surface area contributed by atoms with Gasteiger partial charge in [-0.3, -0.25) is 4.79 Å². The summed E-state index contributed by atoms with van der Waals surface area (Å²) in [6.07, 6.45) is 2.64. The molecule has 1 atom stereocenters. The fourth-order valence-electron chi connectivity index (χ4n) is 2.51. The van der Waals surface area contributed by atoms with Crippen molar-refractivity contribution in [2.45, 2.75) is 32.2 Å². The van der Waals surface area contributed by atoms with Crippen molar-refractivity contribution in [1.82, 2.24) is 10.2 Å². The Morgan fingerprint density at radius 3 is 2.80 bits per heavy atom. The highest BCUT2D eigenvalue weighted by Gasteiger charge is 2.18. The van der Waals surface area contributed by atoms with Gasteiger partial charge >= 0.3 is 0 Å². The largest absolute Gasteiger partial charge is 0.508 e. The van der Waals surface area contributed by atoms with Crippen LogP contribution in [0.3, 0.4) is 0 Å². The number of aromatic hydroxyl groups is 1. The number of carbonyl (C=O) groups is 1. The monoisotopic (exact) mass is 280 g/mol. The smallest absolute Gasteiger partial charge is 0.223 e. The van der Waals surface area contributed by atoms with Crippen LogP contribution in [0.15, 0.2) is 18.2 Å². The van der Waals surface area contributed by atoms with Gasteiger partial charge in [0.15, 0.2) is 0 Å². The van der Waals surface area contributed by atoms with E-state index in [2.05, 4.69) is 5.32 Å². The zero-order valence-corrected chi connectivity index (χ0v) is 11.7. The maximum atomic E-state index is 12.9. The Bertz CT molecular complexity index is 473. The first-order valence-corrected chi connectivity index (χ1v) is 7.07. The predicted octanol–water partition coefficient (Wildman–Crippen LogP) is 2.19. The topological polar surface area (TPSA) is 52.6 Å². The molecule has 110 valence electrons. The average Bonchev–Trinajstić information content (AvgIpc) is 2.92. The van der Waals surface area contributed by atoms with Crippen LogP contribution in [0.1, 0.15) is 37.8 Å². The van der Waals surface area contributed by atoms with Gasteiger partial charge in [0.1, 0.15) is 11.6 Å². The van der Waals surface area contributed by atoms with Crippen LogP contribution in [-0.2, 0) is 4.79 Å². The molecule has 1 aromatic rings. The first-order valence-electron chi connectivity index (χ1n) is 7.07. The Labute approximate surface area is 118 Å². The van der Waals surface area contributed by atoms with Gasteiger partial charge in [0.05, 0.1) is 0 Å². The van der Waals surface area contributed by atoms with E-state index in [1.807, 2.05) is 11.8 Å². The van der Waals surface area contributed by atoms with Crippen LogP contribution < -0.4 is 5.32 Å². The predicted molar refractivity (Wildman–Crippen MR) is 74.9 cm³/mol. The maximum absolute atomic E-state index is 12.9. The molecule has 1 aromatic carbocycles. The van der Waals surface area contributed by atoms with E-state index in [1.165, 1.54) is 6.07 Å². The highest BCUT2D eigenvalue weighted by Crippen LogP contribution is 2.24. The van der Waals surface area contributed by atoms with E-state index in [-0.39, 0.29) is 17.7 Å². The lowest BCUT2D eigenvalue weighted by atomic mass is 10.1. The Morgan fingerprint density at radius 1 is 1.45 bits per heavy atom. The van der Waals surface area contributed by atoms with Crippen molar-refractivity contribution in [3.8, 4) is 5.75 Å². The second kappa shape index (κ2) is 6.70. The van der Waals surface area contributed by atoms with E-state index >= 15 is 0 Å². The lowest BCUT2D eigenvalue weighted by Gasteiger charge is -2.18. The molecule has 0 saturated carbocycles. The summed E-state index contributed by atoms with van der Waals surface area (Å²) in [7, 11) is 0. The molecule has 1 fully saturated rings. The summed E-state index contributed by atoms with van der Waals surface area (Å²) in [4.78, 5) is 13.8. The molecule has 1 aliphatic heterocycles. The maximum Gasteiger partial charge on any atom is 0.223 e. The zero-order chi connectivity index (χ0) is 14.5. The standard InChI is InChI=1S/C15H21FN2O2/c1-11(13-5-4-12(16)10-14(13)19)17-7-6-15(20)18-8-2-3-9-18/h4-5,10-11,17,19H,2-3,6-9H2,1H3. The highest BCUT2D eigenvalue weighted by molar-refractivity contribution is 5.76. The molecule has 0 radical (unpaired) electrons. The number of benzene rings is 1. The van der Waals surface area contributed by atoms with Crippen molar-refractivity contribution < 1.29 is 14.3 Å². The van der Waals surface area contributed by atoms with Crippen LogP contribution in [0.5, 0.6) is 5.75 Å². The summed E-state index contributed by atoms with van der Waals surface area (Å²) in [5, 5.41) is 12.9. The summed E-state index contributed by atoms with van der Waals surface area (Å²) >= 11 is 0. The molecule has 1 amide bonds. The van der Waals surface area contributed by atoms with Crippen molar-refractivity contribution in [1.29, 1.82) is 0 Å². The van der Waals surface area contributed by atoms with Gasteiger partial charge in [-0.25, -0.2) is 4.39 Å². The molecule has 1 heterocycles. The molecule has 1 saturated heterocycles. The van der Waals surface area contributed by atoms with Crippen molar-refractivity contribution in [2.24, 2.45) is 0 Å². The summed E-state index contributed by atoms with van der Waals surface area (Å²) in [6.45, 7) is 4.17. The molecule has 20 heavy (non-hydrogen) atoms. The van der Waals surface area contributed by atoms with Gasteiger partial charge in [-0.15, -0.1) is 0 Å². The quantitative estimate of drug-likeness (QED) is 0.869. The highest BCUT2D eigenvalue weighted by atomic mass is 19.1. The van der Waals surface area contributed by atoms with Gasteiger partial charge in [0.2, 0.25) is 5.91 Å². The summed E-state index contributed by atoms with van der Waals surface area (Å²) in [5.74, 6) is -0.343. The number of nitrogens with zero attached hydrogens (tertiary/aromatic N) is 1. The molecule has 2 rings (SSSR count). The van der Waals surface area contributed by atoms with Crippen LogP contribution in [-0.4, -0.2) is 35.5 Å². The molecule has 4 nitrogen and oxygen atoms in total. The molecular formula is C15H21FN2O2. The molecule has 0 bridgehead atoms. The van der Waals surface area contributed by atoms with Gasteiger partial charge in [-0.05, 0) is 25.8 Å². The van der Waals surface area contributed by atoms with E-state index in [4.69, 9.17) is 0 Å². The van der Waals surface area contributed by atoms with Crippen molar-refractivity contribution >= 4 is 5.91 Å². The molecule has 1 aliphatic rings. The van der Waals surface area contributed by atoms with Crippen molar-refractivity contribution in [3.63, 3.8) is 0 Å². The SMILES string of the molecule is CC(NCCC(=O)N1CCCC1)c1ccc(F)cc1O. The molecule has 5 heteroatoms. The molecule has 0 aliphatic carbocycles. The lowest BCUT2D eigenvalue weighted by molar-refractivity contribution is -0.130. The van der Waals surface area contributed by atoms with Crippen LogP contribution in [0.25, 0.3) is 0 Å². The fourth-order valence-corrected chi connectivity index (χ4v) is 2.51. The van der Waals surface area contributed by atoms with E-state index < -0.39 is 5.82 Å². The lowest BCUT2D eigenvalue weighted by Crippen LogP contribution is -2.31. The van der Waals surface area contributed by atoms with Crippen LogP contribution in [0.4, 0.5) is 4.39 Å². The Balaban J connectivity index is 1.79. The second-order valence-electron chi connectivity index (χ2n) is 5.22. The van der Waals surface area contributed by atoms with Gasteiger partial charge in [-0.2, -0.15) is 0 Å². The van der Waals surface area contributed by atoms with Gasteiger partial charge < -0.3 is 15.3 Å². The molecular weight excluding hydrogens is 259 g/mol. The van der Waals surface area contributed by atoms with Crippen molar-refractivity contribution in [2.75, 3.05) is 19.6 Å². The summed E-state index contributed by atoms with van der Waals surface area (Å²) < 4.78 is 12.9. The summed E-state index contributed by atoms with van der Waals surface area (Å²) in [5.41, 5.74) is 0.639. The van der Waals surface area contributed by atoms with E-state index in [0.717, 1.165) is 32.0 Å². The Hall–Kier alpha value is -1.62. The third-order valence-corrected chi connectivity index (χ3v) is 3.71. The first-order chi connectivity index (χ1) is 9.58. The summed E-state index contributed by atoms with van der Waals surface area (Å²) in [6, 6.07) is 3.86. The number of phenolic OH excluding ortho intramolecular Hbond substituents is 1. The molecule has 0 spiro atoms. The average molecular weight is 280 g/mol. The minimum atomic E-state index is -0.456. The number of rotatable bonds is 5. The van der Waals surface area contributed by atoms with E-state index in [0.29, 0.717) is 18.5 Å². The van der Waals surface area contributed by atoms with Crippen molar-refractivity contribution in [3.05, 3.63) is 29.6 Å². The van der Waals surface area contributed by atoms with Gasteiger partial charge in [0.25, 0.3) is 0 Å². The van der Waals surface area contributed by atoms with Crippen LogP contribution in [0.2, 0.25) is 0 Å². The number of hydrogen-bond donors (Lipinski definition) is 2. The number of carbonyl (C=O) groups excluding carboxylic acids is 1. The number of phenols is 1. The normalized spacial score (nSPS) is 16.4. The first kappa shape index (κ1) is 14.8. The number of amides is 1. The minimum Gasteiger partial charge on any atom is -0.508 e. The van der Waals surface area contributed by atoms with Crippen LogP contribution >= 0.6 is 0 Å². The number of likely N-dealkylation sites (tertiary alicyclic amines) is 1. The third kappa shape index (κ3) is 3.70. The van der Waals surface area contributed by atoms with E-state index in [1.54, 1.807) is 6.07 Å². The molecule has 2 N–H and O–H groups in total. The fraction of sp³-hybridized carbons (Fsp3) is 0.533. The third-order valence-electron chi connectivity index (χ3n) is 3.71. The zero-order valence-electron chi connectivity index (χ0n) is 11.7. The number of nitrogens with one attached hydrogen (secondary N) is 1. The Morgan fingerprint density at radius 2 is 2.15 bits per heavy atom. The second-order valence-corrected chi connectivity index (χ2v) is 5.22. The number of hydrogen-bond acceptors (Lipinski definition) is 3.